The molecule has 0 radical (unpaired) electrons. The van der Waals surface area contributed by atoms with Gasteiger partial charge in [-0.05, 0) is 48.4 Å². The molecule has 1 heterocycles. The van der Waals surface area contributed by atoms with E-state index in [1.165, 1.54) is 23.5 Å². The van der Waals surface area contributed by atoms with Crippen molar-refractivity contribution in [3.63, 3.8) is 0 Å². The quantitative estimate of drug-likeness (QED) is 0.662. The number of hydrogen-bond donors (Lipinski definition) is 1. The molecule has 6 nitrogen and oxygen atoms in total. The number of rotatable bonds is 6. The first-order valence-electron chi connectivity index (χ1n) is 8.45. The smallest absolute Gasteiger partial charge is 0.230 e. The third-order valence-electron chi connectivity index (χ3n) is 4.16. The van der Waals surface area contributed by atoms with Crippen LogP contribution in [0.5, 0.6) is 5.75 Å². The summed E-state index contributed by atoms with van der Waals surface area (Å²) in [6.45, 7) is 1.96. The van der Waals surface area contributed by atoms with E-state index in [0.717, 1.165) is 34.4 Å². The van der Waals surface area contributed by atoms with Gasteiger partial charge in [-0.3, -0.25) is 4.79 Å². The molecule has 0 atom stereocenters. The van der Waals surface area contributed by atoms with Crippen LogP contribution in [0.3, 0.4) is 0 Å². The van der Waals surface area contributed by atoms with Gasteiger partial charge in [-0.2, -0.15) is 0 Å². The fraction of sp³-hybridized carbons (Fsp3) is 0.200. The average molecular weight is 417 g/mol. The molecule has 28 heavy (non-hydrogen) atoms. The Morgan fingerprint density at radius 2 is 1.89 bits per heavy atom. The van der Waals surface area contributed by atoms with E-state index in [4.69, 9.17) is 4.74 Å². The van der Waals surface area contributed by atoms with E-state index in [2.05, 4.69) is 10.3 Å². The van der Waals surface area contributed by atoms with Gasteiger partial charge in [0.1, 0.15) is 5.75 Å². The Labute approximate surface area is 168 Å². The third-order valence-corrected chi connectivity index (χ3v) is 6.04. The summed E-state index contributed by atoms with van der Waals surface area (Å²) in [7, 11) is -1.61. The number of methoxy groups -OCH3 is 1. The Hall–Kier alpha value is -2.71. The van der Waals surface area contributed by atoms with Gasteiger partial charge in [-0.25, -0.2) is 13.4 Å². The molecule has 0 saturated carbocycles. The molecule has 8 heteroatoms. The van der Waals surface area contributed by atoms with E-state index in [1.807, 2.05) is 30.5 Å². The van der Waals surface area contributed by atoms with Crippen molar-refractivity contribution in [1.82, 2.24) is 4.98 Å². The summed E-state index contributed by atoms with van der Waals surface area (Å²) in [5, 5.41) is 5.19. The molecule has 0 fully saturated rings. The number of aryl methyl sites for hydroxylation is 1. The number of sulfone groups is 1. The van der Waals surface area contributed by atoms with Crippen molar-refractivity contribution in [2.75, 3.05) is 18.7 Å². The number of benzene rings is 2. The molecule has 0 aliphatic rings. The zero-order valence-electron chi connectivity index (χ0n) is 15.7. The van der Waals surface area contributed by atoms with Gasteiger partial charge in [-0.15, -0.1) is 11.3 Å². The number of anilines is 1. The molecule has 0 spiro atoms. The lowest BCUT2D eigenvalue weighted by atomic mass is 10.1. The summed E-state index contributed by atoms with van der Waals surface area (Å²) in [6.07, 6.45) is 1.29. The maximum absolute atomic E-state index is 12.3. The molecule has 146 valence electrons. The van der Waals surface area contributed by atoms with E-state index in [9.17, 15) is 13.2 Å². The fourth-order valence-electron chi connectivity index (χ4n) is 2.70. The van der Waals surface area contributed by atoms with Crippen LogP contribution < -0.4 is 10.1 Å². The van der Waals surface area contributed by atoms with Gasteiger partial charge >= 0.3 is 0 Å². The highest BCUT2D eigenvalue weighted by Gasteiger charge is 2.11. The Balaban J connectivity index is 1.66. The molecule has 0 aliphatic carbocycles. The van der Waals surface area contributed by atoms with Gasteiger partial charge in [0.05, 0.1) is 24.1 Å². The molecule has 0 saturated heterocycles. The zero-order chi connectivity index (χ0) is 20.3. The standard InChI is InChI=1S/C20H20N2O4S2/c1-13-10-15(6-9-18(13)26-2)17-12-27-20(21-17)22-19(23)11-14-4-7-16(8-5-14)28(3,24)25/h4-10,12H,11H2,1-3H3,(H,21,22,23). The van der Waals surface area contributed by atoms with Gasteiger partial charge in [0.25, 0.3) is 0 Å². The molecule has 3 aromatic rings. The summed E-state index contributed by atoms with van der Waals surface area (Å²) in [5.41, 5.74) is 3.47. The molecule has 0 aliphatic heterocycles. The number of thiazole rings is 1. The normalized spacial score (nSPS) is 11.2. The van der Waals surface area contributed by atoms with E-state index in [0.29, 0.717) is 5.13 Å². The highest BCUT2D eigenvalue weighted by atomic mass is 32.2. The average Bonchev–Trinajstić information content (AvgIpc) is 3.09. The minimum Gasteiger partial charge on any atom is -0.496 e. The molecule has 1 aromatic heterocycles. The predicted octanol–water partition coefficient (Wildman–Crippen LogP) is 3.71. The SMILES string of the molecule is COc1ccc(-c2csc(NC(=O)Cc3ccc(S(C)(=O)=O)cc3)n2)cc1C. The minimum atomic E-state index is -3.24. The van der Waals surface area contributed by atoms with Gasteiger partial charge in [0.2, 0.25) is 5.91 Å². The van der Waals surface area contributed by atoms with Crippen LogP contribution >= 0.6 is 11.3 Å². The van der Waals surface area contributed by atoms with Crippen molar-refractivity contribution in [2.45, 2.75) is 18.2 Å². The number of carbonyl (C=O) groups excluding carboxylic acids is 1. The number of amides is 1. The first-order chi connectivity index (χ1) is 13.3. The van der Waals surface area contributed by atoms with E-state index in [1.54, 1.807) is 19.2 Å². The maximum atomic E-state index is 12.3. The Kier molecular flexibility index (Phi) is 5.81. The first kappa shape index (κ1) is 20.0. The molecule has 0 unspecified atom stereocenters. The molecule has 1 amide bonds. The molecule has 2 aromatic carbocycles. The molecular formula is C20H20N2O4S2. The largest absolute Gasteiger partial charge is 0.496 e. The number of nitrogens with zero attached hydrogens (tertiary/aromatic N) is 1. The molecule has 3 rings (SSSR count). The van der Waals surface area contributed by atoms with E-state index in [-0.39, 0.29) is 17.2 Å². The summed E-state index contributed by atoms with van der Waals surface area (Å²) in [5.74, 6) is 0.605. The lowest BCUT2D eigenvalue weighted by molar-refractivity contribution is -0.115. The van der Waals surface area contributed by atoms with Crippen molar-refractivity contribution in [3.05, 3.63) is 59.0 Å². The van der Waals surface area contributed by atoms with Gasteiger partial charge in [-0.1, -0.05) is 12.1 Å². The van der Waals surface area contributed by atoms with Gasteiger partial charge in [0, 0.05) is 17.2 Å². The van der Waals surface area contributed by atoms with Crippen LogP contribution in [0.4, 0.5) is 5.13 Å². The second kappa shape index (κ2) is 8.12. The number of nitrogens with one attached hydrogen (secondary N) is 1. The number of ether oxygens (including phenoxy) is 1. The van der Waals surface area contributed by atoms with Crippen LogP contribution in [0.15, 0.2) is 52.7 Å². The summed E-state index contributed by atoms with van der Waals surface area (Å²) < 4.78 is 28.2. The number of hydrogen-bond acceptors (Lipinski definition) is 6. The Morgan fingerprint density at radius 1 is 1.18 bits per heavy atom. The summed E-state index contributed by atoms with van der Waals surface area (Å²) in [6, 6.07) is 12.1. The summed E-state index contributed by atoms with van der Waals surface area (Å²) >= 11 is 1.35. The lowest BCUT2D eigenvalue weighted by Crippen LogP contribution is -2.14. The molecule has 1 N–H and O–H groups in total. The van der Waals surface area contributed by atoms with Crippen LogP contribution in [-0.2, 0) is 21.1 Å². The van der Waals surface area contributed by atoms with Crippen LogP contribution in [0.2, 0.25) is 0 Å². The van der Waals surface area contributed by atoms with Crippen molar-refractivity contribution in [2.24, 2.45) is 0 Å². The fourth-order valence-corrected chi connectivity index (χ4v) is 4.07. The number of carbonyl (C=O) groups is 1. The molecular weight excluding hydrogens is 396 g/mol. The number of aromatic nitrogens is 1. The van der Waals surface area contributed by atoms with Gasteiger partial charge < -0.3 is 10.1 Å². The van der Waals surface area contributed by atoms with Crippen LogP contribution in [0.25, 0.3) is 11.3 Å². The van der Waals surface area contributed by atoms with Crippen LogP contribution in [-0.4, -0.2) is 32.7 Å². The van der Waals surface area contributed by atoms with Crippen molar-refractivity contribution in [1.29, 1.82) is 0 Å². The van der Waals surface area contributed by atoms with Crippen LogP contribution in [0.1, 0.15) is 11.1 Å². The molecule has 0 bridgehead atoms. The van der Waals surface area contributed by atoms with Crippen molar-refractivity contribution in [3.8, 4) is 17.0 Å². The second-order valence-electron chi connectivity index (χ2n) is 6.36. The van der Waals surface area contributed by atoms with E-state index >= 15 is 0 Å². The Bertz CT molecular complexity index is 1100. The van der Waals surface area contributed by atoms with Crippen molar-refractivity contribution < 1.29 is 17.9 Å². The third kappa shape index (κ3) is 4.76. The minimum absolute atomic E-state index is 0.139. The first-order valence-corrected chi connectivity index (χ1v) is 11.2. The maximum Gasteiger partial charge on any atom is 0.230 e. The second-order valence-corrected chi connectivity index (χ2v) is 9.24. The monoisotopic (exact) mass is 416 g/mol. The zero-order valence-corrected chi connectivity index (χ0v) is 17.4. The van der Waals surface area contributed by atoms with Gasteiger partial charge in [0.15, 0.2) is 15.0 Å². The Morgan fingerprint density at radius 3 is 2.50 bits per heavy atom. The highest BCUT2D eigenvalue weighted by molar-refractivity contribution is 7.90. The van der Waals surface area contributed by atoms with Crippen LogP contribution in [0, 0.1) is 6.92 Å². The van der Waals surface area contributed by atoms with E-state index < -0.39 is 9.84 Å². The summed E-state index contributed by atoms with van der Waals surface area (Å²) in [4.78, 5) is 17.0. The van der Waals surface area contributed by atoms with Crippen molar-refractivity contribution >= 4 is 32.2 Å². The highest BCUT2D eigenvalue weighted by Crippen LogP contribution is 2.28. The lowest BCUT2D eigenvalue weighted by Gasteiger charge is -2.06. The topological polar surface area (TPSA) is 85.4 Å². The predicted molar refractivity (Wildman–Crippen MR) is 111 cm³/mol.